The molecule has 2 unspecified atom stereocenters. The fourth-order valence-electron chi connectivity index (χ4n) is 5.24. The van der Waals surface area contributed by atoms with E-state index in [0.29, 0.717) is 5.56 Å². The quantitative estimate of drug-likeness (QED) is 0.0865. The summed E-state index contributed by atoms with van der Waals surface area (Å²) >= 11 is 0. The van der Waals surface area contributed by atoms with Gasteiger partial charge < -0.3 is 19.4 Å². The largest absolute Gasteiger partial charge is 0.370 e. The number of ketones is 1. The minimum Gasteiger partial charge on any atom is -0.370 e. The van der Waals surface area contributed by atoms with Crippen molar-refractivity contribution < 1.29 is 39.5 Å². The molecular formula is C27H30N8O9S2. The highest BCUT2D eigenvalue weighted by Gasteiger charge is 2.62. The van der Waals surface area contributed by atoms with Gasteiger partial charge in [0, 0.05) is 10.5 Å². The fourth-order valence-corrected chi connectivity index (χ4v) is 6.07. The summed E-state index contributed by atoms with van der Waals surface area (Å²) in [6, 6.07) is 15.5. The number of aliphatic imine (C=N–C) groups is 1. The smallest absolute Gasteiger partial charge is 0.264 e. The molecule has 17 nitrogen and oxygen atoms in total. The van der Waals surface area contributed by atoms with Crippen LogP contribution in [0.1, 0.15) is 21.6 Å². The van der Waals surface area contributed by atoms with Crippen molar-refractivity contribution in [1.82, 2.24) is 14.9 Å². The highest BCUT2D eigenvalue weighted by molar-refractivity contribution is 7.86. The highest BCUT2D eigenvalue weighted by Crippen LogP contribution is 2.44. The maximum atomic E-state index is 14.2. The molecule has 0 radical (unpaired) electrons. The maximum Gasteiger partial charge on any atom is 0.264 e. The lowest BCUT2D eigenvalue weighted by molar-refractivity contribution is -0.164. The Labute approximate surface area is 264 Å². The summed E-state index contributed by atoms with van der Waals surface area (Å²) in [5, 5.41) is 3.92. The van der Waals surface area contributed by atoms with Crippen LogP contribution in [0.4, 0.5) is 5.82 Å². The molecule has 2 aliphatic rings. The number of imidazole rings is 1. The van der Waals surface area contributed by atoms with Gasteiger partial charge >= 0.3 is 0 Å². The predicted molar refractivity (Wildman–Crippen MR) is 162 cm³/mol. The lowest BCUT2D eigenvalue weighted by Crippen LogP contribution is -2.64. The van der Waals surface area contributed by atoms with Gasteiger partial charge in [0.1, 0.15) is 42.9 Å². The molecule has 0 amide bonds. The molecule has 1 aromatic heterocycles. The molecule has 0 bridgehead atoms. The number of nitrogens with zero attached hydrogens (tertiary/aromatic N) is 6. The number of ether oxygens (including phenoxy) is 2. The number of aromatic amines is 1. The van der Waals surface area contributed by atoms with E-state index >= 15 is 0 Å². The van der Waals surface area contributed by atoms with Crippen LogP contribution in [0.2, 0.25) is 0 Å². The standard InChI is InChI=1S/C27H30N8O9S2/c1-45(37,38)42-14-26(15-43-46(2,39)40)23(41-13-18-9-5-3-6-10-18)20(33-34-29)25(44-26)35-17-32-24-21(30-16-31-24)27(35,28)22(36)19-11-7-4-8-12-19/h3-12,16-17,20,23,25H,13-15,28H2,1-2H3,(H,30,31)/t20?,23-,25-,27?/m0/s1. The number of Topliss-reactive ketones (excluding diaryl/α,β-unsaturated/α-hetero) is 1. The molecular weight excluding hydrogens is 644 g/mol. The molecule has 2 aliphatic heterocycles. The van der Waals surface area contributed by atoms with Crippen molar-refractivity contribution in [2.75, 3.05) is 25.7 Å². The van der Waals surface area contributed by atoms with Gasteiger partial charge in [-0.15, -0.1) is 0 Å². The molecule has 0 spiro atoms. The summed E-state index contributed by atoms with van der Waals surface area (Å²) in [5.74, 6) is -0.530. The summed E-state index contributed by atoms with van der Waals surface area (Å²) in [4.78, 5) is 29.6. The SMILES string of the molecule is CS(=O)(=O)OCC1(COS(C)(=O)=O)O[C@H](N2C=Nc3nc[nH]c3C2(N)C(=O)c2ccccc2)C(N=[N+]=[N-])[C@@H]1OCc1ccccc1. The van der Waals surface area contributed by atoms with Crippen LogP contribution in [0.15, 0.2) is 77.1 Å². The number of carbonyl (C=O) groups is 1. The van der Waals surface area contributed by atoms with E-state index in [9.17, 15) is 27.2 Å². The Morgan fingerprint density at radius 2 is 1.67 bits per heavy atom. The molecule has 46 heavy (non-hydrogen) atoms. The van der Waals surface area contributed by atoms with Gasteiger partial charge in [0.25, 0.3) is 20.2 Å². The lowest BCUT2D eigenvalue weighted by Gasteiger charge is -2.44. The first-order chi connectivity index (χ1) is 21.8. The van der Waals surface area contributed by atoms with Gasteiger partial charge in [-0.25, -0.2) is 9.98 Å². The number of H-pyrrole nitrogens is 1. The number of azide groups is 1. The van der Waals surface area contributed by atoms with Crippen molar-refractivity contribution >= 4 is 38.2 Å². The molecule has 3 N–H and O–H groups in total. The monoisotopic (exact) mass is 674 g/mol. The molecule has 2 aromatic carbocycles. The summed E-state index contributed by atoms with van der Waals surface area (Å²) in [7, 11) is -8.29. The molecule has 0 aliphatic carbocycles. The van der Waals surface area contributed by atoms with Crippen LogP contribution < -0.4 is 5.73 Å². The van der Waals surface area contributed by atoms with Crippen LogP contribution in [-0.4, -0.2) is 93.5 Å². The average molecular weight is 675 g/mol. The Morgan fingerprint density at radius 1 is 1.07 bits per heavy atom. The van der Waals surface area contributed by atoms with Gasteiger partial charge in [-0.05, 0) is 11.1 Å². The third kappa shape index (κ3) is 6.81. The Morgan fingerprint density at radius 3 is 2.26 bits per heavy atom. The zero-order chi connectivity index (χ0) is 33.2. The van der Waals surface area contributed by atoms with Crippen molar-refractivity contribution in [3.63, 3.8) is 0 Å². The number of nitrogens with two attached hydrogens (primary N) is 1. The van der Waals surface area contributed by atoms with E-state index in [1.165, 1.54) is 17.6 Å². The Hall–Kier alpha value is -4.20. The van der Waals surface area contributed by atoms with Gasteiger partial charge in [0.05, 0.1) is 31.8 Å². The number of fused-ring (bicyclic) bond motifs is 1. The first-order valence-electron chi connectivity index (χ1n) is 13.6. The Balaban J connectivity index is 1.66. The van der Waals surface area contributed by atoms with E-state index in [2.05, 4.69) is 25.0 Å². The molecule has 3 aromatic rings. The van der Waals surface area contributed by atoms with E-state index in [0.717, 1.165) is 12.5 Å². The number of rotatable bonds is 13. The molecule has 3 heterocycles. The van der Waals surface area contributed by atoms with Crippen molar-refractivity contribution in [1.29, 1.82) is 0 Å². The second-order valence-electron chi connectivity index (χ2n) is 10.6. The molecule has 0 saturated carbocycles. The van der Waals surface area contributed by atoms with Crippen LogP contribution >= 0.6 is 0 Å². The topological polar surface area (TPSA) is 241 Å². The minimum atomic E-state index is -4.15. The average Bonchev–Trinajstić information content (AvgIpc) is 3.62. The van der Waals surface area contributed by atoms with Gasteiger partial charge in [-0.3, -0.25) is 18.9 Å². The van der Waals surface area contributed by atoms with Crippen LogP contribution in [0.3, 0.4) is 0 Å². The molecule has 244 valence electrons. The van der Waals surface area contributed by atoms with Crippen molar-refractivity contribution in [2.24, 2.45) is 15.8 Å². The van der Waals surface area contributed by atoms with E-state index in [4.69, 9.17) is 23.6 Å². The summed E-state index contributed by atoms with van der Waals surface area (Å²) in [6.07, 6.45) is 1.09. The van der Waals surface area contributed by atoms with E-state index in [1.807, 2.05) is 0 Å². The van der Waals surface area contributed by atoms with Gasteiger partial charge in [-0.1, -0.05) is 65.8 Å². The zero-order valence-corrected chi connectivity index (χ0v) is 26.2. The Bertz CT molecular complexity index is 1830. The van der Waals surface area contributed by atoms with Crippen molar-refractivity contribution in [2.45, 2.75) is 36.2 Å². The molecule has 19 heteroatoms. The van der Waals surface area contributed by atoms with E-state index in [1.54, 1.807) is 60.7 Å². The minimum absolute atomic E-state index is 0.0752. The van der Waals surface area contributed by atoms with Gasteiger partial charge in [0.2, 0.25) is 11.4 Å². The number of hydrogen-bond donors (Lipinski definition) is 2. The molecule has 1 fully saturated rings. The lowest BCUT2D eigenvalue weighted by atomic mass is 9.91. The van der Waals surface area contributed by atoms with Gasteiger partial charge in [0.15, 0.2) is 5.82 Å². The van der Waals surface area contributed by atoms with Crippen LogP contribution in [-0.2, 0) is 50.3 Å². The van der Waals surface area contributed by atoms with Crippen LogP contribution in [0.5, 0.6) is 0 Å². The fraction of sp³-hybridized carbons (Fsp3) is 0.370. The van der Waals surface area contributed by atoms with E-state index in [-0.39, 0.29) is 23.7 Å². The molecule has 1 saturated heterocycles. The second-order valence-corrected chi connectivity index (χ2v) is 13.9. The van der Waals surface area contributed by atoms with Crippen molar-refractivity contribution in [3.8, 4) is 0 Å². The number of aromatic nitrogens is 2. The van der Waals surface area contributed by atoms with Gasteiger partial charge in [-0.2, -0.15) is 16.8 Å². The number of hydrogen-bond acceptors (Lipinski definition) is 14. The highest BCUT2D eigenvalue weighted by atomic mass is 32.2. The van der Waals surface area contributed by atoms with Crippen molar-refractivity contribution in [3.05, 3.63) is 94.3 Å². The second kappa shape index (κ2) is 12.9. The summed E-state index contributed by atoms with van der Waals surface area (Å²) < 4.78 is 71.7. The Kier molecular flexibility index (Phi) is 9.30. The first-order valence-corrected chi connectivity index (χ1v) is 17.2. The van der Waals surface area contributed by atoms with Crippen LogP contribution in [0, 0.1) is 0 Å². The third-order valence-corrected chi connectivity index (χ3v) is 8.43. The normalized spacial score (nSPS) is 23.9. The summed E-state index contributed by atoms with van der Waals surface area (Å²) in [5.41, 5.74) is 13.4. The molecule has 5 rings (SSSR count). The van der Waals surface area contributed by atoms with Crippen LogP contribution in [0.25, 0.3) is 10.4 Å². The summed E-state index contributed by atoms with van der Waals surface area (Å²) in [6.45, 7) is -1.79. The number of benzene rings is 2. The third-order valence-electron chi connectivity index (χ3n) is 7.34. The zero-order valence-electron chi connectivity index (χ0n) is 24.5. The number of nitrogens with one attached hydrogen (secondary N) is 1. The first kappa shape index (κ1) is 33.2. The number of carbonyl (C=O) groups excluding carboxylic acids is 1. The predicted octanol–water partition coefficient (Wildman–Crippen LogP) is 1.69. The maximum absolute atomic E-state index is 14.2. The molecule has 4 atom stereocenters. The van der Waals surface area contributed by atoms with E-state index < -0.39 is 68.9 Å².